The van der Waals surface area contributed by atoms with E-state index in [1.54, 1.807) is 27.0 Å². The number of ether oxygens (including phenoxy) is 2. The van der Waals surface area contributed by atoms with Gasteiger partial charge in [0.15, 0.2) is 5.16 Å². The fourth-order valence-corrected chi connectivity index (χ4v) is 1.94. The number of nitrogens with zero attached hydrogens (tertiary/aromatic N) is 1. The van der Waals surface area contributed by atoms with Crippen LogP contribution in [0, 0.1) is 0 Å². The normalized spacial score (nSPS) is 12.6. The van der Waals surface area contributed by atoms with Crippen molar-refractivity contribution in [2.75, 3.05) is 13.4 Å². The van der Waals surface area contributed by atoms with Gasteiger partial charge in [-0.05, 0) is 27.0 Å². The second kappa shape index (κ2) is 7.35. The number of carbonyl (C=O) groups is 2. The van der Waals surface area contributed by atoms with Gasteiger partial charge in [-0.15, -0.1) is 0 Å². The molecule has 21 heavy (non-hydrogen) atoms. The standard InChI is InChI=1S/C13H21N3O4S/c1-13(2,3)20-12(18)16-9(10(17)19-4)6-8-7-14-11(15-8)21-5/h7,9H,6H2,1-5H3,(H,14,15)(H,16,18)/t9-/m0/s1. The number of amides is 1. The van der Waals surface area contributed by atoms with Crippen molar-refractivity contribution in [3.8, 4) is 0 Å². The predicted molar refractivity (Wildman–Crippen MR) is 79.2 cm³/mol. The minimum Gasteiger partial charge on any atom is -0.467 e. The van der Waals surface area contributed by atoms with E-state index in [-0.39, 0.29) is 6.42 Å². The number of rotatable bonds is 5. The molecule has 1 aromatic heterocycles. The lowest BCUT2D eigenvalue weighted by Crippen LogP contribution is -2.45. The van der Waals surface area contributed by atoms with Crippen LogP contribution in [0.5, 0.6) is 0 Å². The van der Waals surface area contributed by atoms with Crippen molar-refractivity contribution in [1.82, 2.24) is 15.3 Å². The number of imidazole rings is 1. The minimum atomic E-state index is -0.833. The molecule has 0 aliphatic rings. The maximum Gasteiger partial charge on any atom is 0.408 e. The third kappa shape index (κ3) is 6.07. The van der Waals surface area contributed by atoms with Crippen molar-refractivity contribution >= 4 is 23.8 Å². The van der Waals surface area contributed by atoms with Gasteiger partial charge in [0.25, 0.3) is 0 Å². The molecule has 2 N–H and O–H groups in total. The molecule has 0 unspecified atom stereocenters. The SMILES string of the molecule is COC(=O)[C@H](Cc1cnc(SC)[nH]1)NC(=O)OC(C)(C)C. The third-order valence-electron chi connectivity index (χ3n) is 2.40. The average Bonchev–Trinajstić information content (AvgIpc) is 2.82. The molecule has 0 aliphatic heterocycles. The van der Waals surface area contributed by atoms with E-state index in [4.69, 9.17) is 9.47 Å². The molecule has 0 aromatic carbocycles. The Morgan fingerprint density at radius 2 is 2.14 bits per heavy atom. The van der Waals surface area contributed by atoms with Gasteiger partial charge in [-0.3, -0.25) is 0 Å². The fourth-order valence-electron chi connectivity index (χ4n) is 1.55. The summed E-state index contributed by atoms with van der Waals surface area (Å²) in [7, 11) is 1.27. The summed E-state index contributed by atoms with van der Waals surface area (Å²) in [6, 6.07) is -0.833. The number of carbonyl (C=O) groups excluding carboxylic acids is 2. The Morgan fingerprint density at radius 3 is 2.62 bits per heavy atom. The Morgan fingerprint density at radius 1 is 1.48 bits per heavy atom. The molecule has 1 heterocycles. The van der Waals surface area contributed by atoms with E-state index >= 15 is 0 Å². The molecule has 1 atom stereocenters. The van der Waals surface area contributed by atoms with Crippen molar-refractivity contribution < 1.29 is 19.1 Å². The predicted octanol–water partition coefficient (Wildman–Crippen LogP) is 1.74. The topological polar surface area (TPSA) is 93.3 Å². The highest BCUT2D eigenvalue weighted by Gasteiger charge is 2.25. The highest BCUT2D eigenvalue weighted by molar-refractivity contribution is 7.98. The van der Waals surface area contributed by atoms with Gasteiger partial charge >= 0.3 is 12.1 Å². The van der Waals surface area contributed by atoms with E-state index in [0.29, 0.717) is 0 Å². The zero-order chi connectivity index (χ0) is 16.0. The quantitative estimate of drug-likeness (QED) is 0.635. The molecule has 0 spiro atoms. The number of hydrogen-bond acceptors (Lipinski definition) is 6. The van der Waals surface area contributed by atoms with Crippen molar-refractivity contribution in [3.63, 3.8) is 0 Å². The maximum atomic E-state index is 11.8. The van der Waals surface area contributed by atoms with E-state index in [2.05, 4.69) is 15.3 Å². The molecule has 0 aliphatic carbocycles. The first-order valence-electron chi connectivity index (χ1n) is 6.40. The molecule has 7 nitrogen and oxygen atoms in total. The first-order valence-corrected chi connectivity index (χ1v) is 7.63. The van der Waals surface area contributed by atoms with E-state index in [1.165, 1.54) is 18.9 Å². The van der Waals surface area contributed by atoms with Gasteiger partial charge < -0.3 is 19.8 Å². The van der Waals surface area contributed by atoms with Gasteiger partial charge in [0.05, 0.1) is 7.11 Å². The molecule has 118 valence electrons. The van der Waals surface area contributed by atoms with E-state index in [9.17, 15) is 9.59 Å². The van der Waals surface area contributed by atoms with Crippen LogP contribution in [-0.4, -0.2) is 47.0 Å². The summed E-state index contributed by atoms with van der Waals surface area (Å²) in [5, 5.41) is 3.25. The molecule has 0 saturated heterocycles. The monoisotopic (exact) mass is 315 g/mol. The third-order valence-corrected chi connectivity index (χ3v) is 2.99. The molecule has 0 radical (unpaired) electrons. The van der Waals surface area contributed by atoms with Crippen LogP contribution in [0.3, 0.4) is 0 Å². The molecule has 1 aromatic rings. The second-order valence-corrected chi connectivity index (χ2v) is 6.14. The summed E-state index contributed by atoms with van der Waals surface area (Å²) in [6.45, 7) is 5.25. The number of aromatic amines is 1. The summed E-state index contributed by atoms with van der Waals surface area (Å²) in [4.78, 5) is 30.7. The van der Waals surface area contributed by atoms with Crippen molar-refractivity contribution in [3.05, 3.63) is 11.9 Å². The van der Waals surface area contributed by atoms with Crippen LogP contribution in [0.15, 0.2) is 11.4 Å². The number of nitrogens with one attached hydrogen (secondary N) is 2. The van der Waals surface area contributed by atoms with Crippen LogP contribution in [0.4, 0.5) is 4.79 Å². The molecule has 0 fully saturated rings. The number of methoxy groups -OCH3 is 1. The summed E-state index contributed by atoms with van der Waals surface area (Å²) in [5.41, 5.74) is 0.0934. The van der Waals surface area contributed by atoms with Gasteiger partial charge in [0, 0.05) is 18.3 Å². The Bertz CT molecular complexity index is 496. The molecule has 0 bridgehead atoms. The van der Waals surface area contributed by atoms with Crippen LogP contribution in [-0.2, 0) is 20.7 Å². The number of H-pyrrole nitrogens is 1. The van der Waals surface area contributed by atoms with E-state index in [0.717, 1.165) is 10.9 Å². The molecule has 0 saturated carbocycles. The lowest BCUT2D eigenvalue weighted by molar-refractivity contribution is -0.143. The van der Waals surface area contributed by atoms with Gasteiger partial charge in [0.1, 0.15) is 11.6 Å². The summed E-state index contributed by atoms with van der Waals surface area (Å²) >= 11 is 1.46. The maximum absolute atomic E-state index is 11.8. The van der Waals surface area contributed by atoms with Crippen LogP contribution in [0.1, 0.15) is 26.5 Å². The molecular formula is C13H21N3O4S. The molecule has 1 amide bonds. The van der Waals surface area contributed by atoms with E-state index in [1.807, 2.05) is 6.26 Å². The van der Waals surface area contributed by atoms with Gasteiger partial charge in [-0.2, -0.15) is 0 Å². The average molecular weight is 315 g/mol. The lowest BCUT2D eigenvalue weighted by Gasteiger charge is -2.22. The number of hydrogen-bond donors (Lipinski definition) is 2. The second-order valence-electron chi connectivity index (χ2n) is 5.34. The minimum absolute atomic E-state index is 0.249. The van der Waals surface area contributed by atoms with Crippen molar-refractivity contribution in [2.45, 2.75) is 44.0 Å². The highest BCUT2D eigenvalue weighted by Crippen LogP contribution is 2.12. The number of esters is 1. The van der Waals surface area contributed by atoms with Crippen LogP contribution < -0.4 is 5.32 Å². The Hall–Kier alpha value is -1.70. The highest BCUT2D eigenvalue weighted by atomic mass is 32.2. The summed E-state index contributed by atoms with van der Waals surface area (Å²) in [6.07, 6.45) is 3.10. The van der Waals surface area contributed by atoms with Crippen LogP contribution >= 0.6 is 11.8 Å². The first-order chi connectivity index (χ1) is 9.75. The van der Waals surface area contributed by atoms with Gasteiger partial charge in [-0.1, -0.05) is 11.8 Å². The summed E-state index contributed by atoms with van der Waals surface area (Å²) < 4.78 is 9.84. The number of alkyl carbamates (subject to hydrolysis) is 1. The Labute approximate surface area is 128 Å². The van der Waals surface area contributed by atoms with Crippen molar-refractivity contribution in [1.29, 1.82) is 0 Å². The number of thioether (sulfide) groups is 1. The largest absolute Gasteiger partial charge is 0.467 e. The smallest absolute Gasteiger partial charge is 0.408 e. The first kappa shape index (κ1) is 17.4. The fraction of sp³-hybridized carbons (Fsp3) is 0.615. The summed E-state index contributed by atoms with van der Waals surface area (Å²) in [5.74, 6) is -0.541. The molecule has 8 heteroatoms. The zero-order valence-electron chi connectivity index (χ0n) is 12.9. The van der Waals surface area contributed by atoms with Gasteiger partial charge in [0.2, 0.25) is 0 Å². The van der Waals surface area contributed by atoms with Gasteiger partial charge in [-0.25, -0.2) is 14.6 Å². The Balaban J connectivity index is 2.72. The lowest BCUT2D eigenvalue weighted by atomic mass is 10.1. The zero-order valence-corrected chi connectivity index (χ0v) is 13.7. The molecular weight excluding hydrogens is 294 g/mol. The number of aromatic nitrogens is 2. The van der Waals surface area contributed by atoms with E-state index < -0.39 is 23.7 Å². The van der Waals surface area contributed by atoms with Crippen LogP contribution in [0.25, 0.3) is 0 Å². The Kier molecular flexibility index (Phi) is 6.07. The van der Waals surface area contributed by atoms with Crippen LogP contribution in [0.2, 0.25) is 0 Å². The van der Waals surface area contributed by atoms with Crippen molar-refractivity contribution in [2.24, 2.45) is 0 Å². The molecule has 1 rings (SSSR count).